The zero-order chi connectivity index (χ0) is 11.3. The molecule has 0 aliphatic heterocycles. The van der Waals surface area contributed by atoms with E-state index in [4.69, 9.17) is 4.74 Å². The number of nitrogens with zero attached hydrogens (tertiary/aromatic N) is 1. The highest BCUT2D eigenvalue weighted by molar-refractivity contribution is 5.82. The van der Waals surface area contributed by atoms with Gasteiger partial charge in [0.1, 0.15) is 6.61 Å². The topological polar surface area (TPSA) is 39.2 Å². The molecule has 82 valence electrons. The molecule has 0 radical (unpaired) electrons. The lowest BCUT2D eigenvalue weighted by Crippen LogP contribution is -2.24. The molecule has 3 nitrogen and oxygen atoms in total. The van der Waals surface area contributed by atoms with E-state index in [-0.39, 0.29) is 18.0 Å². The van der Waals surface area contributed by atoms with Crippen LogP contribution in [0.4, 0.5) is 0 Å². The summed E-state index contributed by atoms with van der Waals surface area (Å²) in [5.74, 6) is 0.0936. The van der Waals surface area contributed by atoms with Crippen LogP contribution in [0.2, 0.25) is 0 Å². The van der Waals surface area contributed by atoms with Crippen molar-refractivity contribution in [2.75, 3.05) is 6.61 Å². The van der Waals surface area contributed by atoms with Crippen molar-refractivity contribution in [3.05, 3.63) is 30.1 Å². The van der Waals surface area contributed by atoms with Crippen molar-refractivity contribution in [3.8, 4) is 0 Å². The van der Waals surface area contributed by atoms with Crippen molar-refractivity contribution in [2.24, 2.45) is 0 Å². The summed E-state index contributed by atoms with van der Waals surface area (Å²) < 4.78 is 5.40. The Morgan fingerprint density at radius 3 is 2.47 bits per heavy atom. The second kappa shape index (κ2) is 5.03. The maximum atomic E-state index is 11.5. The van der Waals surface area contributed by atoms with Crippen LogP contribution in [0, 0.1) is 0 Å². The normalized spacial score (nSPS) is 11.4. The van der Waals surface area contributed by atoms with E-state index in [1.165, 1.54) is 0 Å². The fourth-order valence-electron chi connectivity index (χ4n) is 1.08. The van der Waals surface area contributed by atoms with Crippen LogP contribution in [0.3, 0.4) is 0 Å². The molecule has 0 N–H and O–H groups in total. The first-order valence-electron chi connectivity index (χ1n) is 5.02. The minimum atomic E-state index is -0.256. The van der Waals surface area contributed by atoms with Crippen molar-refractivity contribution in [1.29, 1.82) is 0 Å². The maximum absolute atomic E-state index is 11.5. The van der Waals surface area contributed by atoms with Gasteiger partial charge in [-0.15, -0.1) is 0 Å². The zero-order valence-corrected chi connectivity index (χ0v) is 9.49. The summed E-state index contributed by atoms with van der Waals surface area (Å²) in [7, 11) is 0. The molecular weight excluding hydrogens is 190 g/mol. The van der Waals surface area contributed by atoms with Crippen molar-refractivity contribution in [2.45, 2.75) is 32.8 Å². The first-order chi connectivity index (χ1) is 6.97. The number of rotatable bonds is 4. The van der Waals surface area contributed by atoms with Gasteiger partial charge in [0.15, 0.2) is 5.78 Å². The molecule has 0 aromatic carbocycles. The van der Waals surface area contributed by atoms with Gasteiger partial charge in [0, 0.05) is 18.8 Å². The third-order valence-corrected chi connectivity index (χ3v) is 1.82. The smallest absolute Gasteiger partial charge is 0.162 e. The lowest BCUT2D eigenvalue weighted by Gasteiger charge is -2.18. The highest BCUT2D eigenvalue weighted by atomic mass is 16.5. The number of ketones is 1. The Kier molecular flexibility index (Phi) is 3.97. The molecule has 1 aromatic rings. The lowest BCUT2D eigenvalue weighted by atomic mass is 10.1. The summed E-state index contributed by atoms with van der Waals surface area (Å²) in [6, 6.07) is 3.68. The van der Waals surface area contributed by atoms with Gasteiger partial charge in [0.25, 0.3) is 0 Å². The van der Waals surface area contributed by atoms with E-state index in [1.54, 1.807) is 12.4 Å². The van der Waals surface area contributed by atoms with E-state index in [0.29, 0.717) is 6.42 Å². The molecule has 0 saturated heterocycles. The summed E-state index contributed by atoms with van der Waals surface area (Å²) >= 11 is 0. The van der Waals surface area contributed by atoms with Crippen LogP contribution < -0.4 is 0 Å². The summed E-state index contributed by atoms with van der Waals surface area (Å²) in [6.45, 7) is 5.98. The molecule has 0 aliphatic rings. The van der Waals surface area contributed by atoms with Gasteiger partial charge in [-0.3, -0.25) is 9.78 Å². The van der Waals surface area contributed by atoms with Crippen LogP contribution in [0.15, 0.2) is 24.5 Å². The highest BCUT2D eigenvalue weighted by Gasteiger charge is 2.12. The van der Waals surface area contributed by atoms with Crippen LogP contribution in [0.5, 0.6) is 0 Å². The third-order valence-electron chi connectivity index (χ3n) is 1.82. The lowest BCUT2D eigenvalue weighted by molar-refractivity contribution is -0.127. The van der Waals surface area contributed by atoms with E-state index in [2.05, 4.69) is 4.98 Å². The maximum Gasteiger partial charge on any atom is 0.162 e. The number of aromatic nitrogens is 1. The van der Waals surface area contributed by atoms with Crippen LogP contribution in [-0.4, -0.2) is 23.0 Å². The Hall–Kier alpha value is -1.22. The summed E-state index contributed by atoms with van der Waals surface area (Å²) in [6.07, 6.45) is 3.79. The summed E-state index contributed by atoms with van der Waals surface area (Å²) in [5.41, 5.74) is 0.723. The van der Waals surface area contributed by atoms with E-state index in [0.717, 1.165) is 5.56 Å². The monoisotopic (exact) mass is 207 g/mol. The number of carbonyl (C=O) groups is 1. The first-order valence-corrected chi connectivity index (χ1v) is 5.02. The number of carbonyl (C=O) groups excluding carboxylic acids is 1. The van der Waals surface area contributed by atoms with Crippen LogP contribution >= 0.6 is 0 Å². The zero-order valence-electron chi connectivity index (χ0n) is 9.49. The van der Waals surface area contributed by atoms with Gasteiger partial charge >= 0.3 is 0 Å². The van der Waals surface area contributed by atoms with Crippen molar-refractivity contribution < 1.29 is 9.53 Å². The third kappa shape index (κ3) is 5.27. The molecule has 15 heavy (non-hydrogen) atoms. The number of ether oxygens (including phenoxy) is 1. The molecule has 0 unspecified atom stereocenters. The van der Waals surface area contributed by atoms with Gasteiger partial charge in [0.05, 0.1) is 5.60 Å². The molecule has 1 aromatic heterocycles. The number of hydrogen-bond acceptors (Lipinski definition) is 3. The van der Waals surface area contributed by atoms with Crippen LogP contribution in [0.25, 0.3) is 0 Å². The fourth-order valence-corrected chi connectivity index (χ4v) is 1.08. The van der Waals surface area contributed by atoms with Crippen molar-refractivity contribution in [3.63, 3.8) is 0 Å². The van der Waals surface area contributed by atoms with E-state index < -0.39 is 0 Å². The standard InChI is InChI=1S/C12H17NO2/c1-12(2,3)15-9-11(14)8-10-4-6-13-7-5-10/h4-7H,8-9H2,1-3H3. The summed E-state index contributed by atoms with van der Waals surface area (Å²) in [5, 5.41) is 0. The molecular formula is C12H17NO2. The largest absolute Gasteiger partial charge is 0.368 e. The molecule has 0 atom stereocenters. The van der Waals surface area contributed by atoms with Gasteiger partial charge in [-0.25, -0.2) is 0 Å². The summed E-state index contributed by atoms with van der Waals surface area (Å²) in [4.78, 5) is 15.4. The predicted molar refractivity (Wildman–Crippen MR) is 58.7 cm³/mol. The molecule has 1 rings (SSSR count). The SMILES string of the molecule is CC(C)(C)OCC(=O)Cc1ccncc1. The van der Waals surface area contributed by atoms with E-state index >= 15 is 0 Å². The second-order valence-corrected chi connectivity index (χ2v) is 4.47. The Labute approximate surface area is 90.5 Å². The van der Waals surface area contributed by atoms with Crippen LogP contribution in [0.1, 0.15) is 26.3 Å². The van der Waals surface area contributed by atoms with E-state index in [9.17, 15) is 4.79 Å². The molecule has 0 amide bonds. The minimum absolute atomic E-state index is 0.0936. The molecule has 0 aliphatic carbocycles. The molecule has 3 heteroatoms. The molecule has 0 spiro atoms. The van der Waals surface area contributed by atoms with Gasteiger partial charge in [-0.1, -0.05) is 0 Å². The van der Waals surface area contributed by atoms with Gasteiger partial charge in [-0.05, 0) is 38.5 Å². The first kappa shape index (κ1) is 11.9. The van der Waals surface area contributed by atoms with E-state index in [1.807, 2.05) is 32.9 Å². The van der Waals surface area contributed by atoms with Gasteiger partial charge in [0.2, 0.25) is 0 Å². The molecule has 0 bridgehead atoms. The predicted octanol–water partition coefficient (Wildman–Crippen LogP) is 2.01. The Morgan fingerprint density at radius 2 is 1.93 bits per heavy atom. The average Bonchev–Trinajstić information content (AvgIpc) is 2.15. The molecule has 1 heterocycles. The van der Waals surface area contributed by atoms with Gasteiger partial charge < -0.3 is 4.74 Å². The molecule has 0 saturated carbocycles. The second-order valence-electron chi connectivity index (χ2n) is 4.47. The fraction of sp³-hybridized carbons (Fsp3) is 0.500. The number of Topliss-reactive ketones (excluding diaryl/α,β-unsaturated/α-hetero) is 1. The number of hydrogen-bond donors (Lipinski definition) is 0. The van der Waals surface area contributed by atoms with Gasteiger partial charge in [-0.2, -0.15) is 0 Å². The quantitative estimate of drug-likeness (QED) is 0.758. The number of pyridine rings is 1. The average molecular weight is 207 g/mol. The Bertz CT molecular complexity index is 314. The highest BCUT2D eigenvalue weighted by Crippen LogP contribution is 2.07. The minimum Gasteiger partial charge on any atom is -0.368 e. The Balaban J connectivity index is 2.38. The van der Waals surface area contributed by atoms with Crippen molar-refractivity contribution in [1.82, 2.24) is 4.98 Å². The van der Waals surface area contributed by atoms with Crippen molar-refractivity contribution >= 4 is 5.78 Å². The van der Waals surface area contributed by atoms with Crippen LogP contribution in [-0.2, 0) is 16.0 Å². The molecule has 0 fully saturated rings. The Morgan fingerprint density at radius 1 is 1.33 bits per heavy atom.